The predicted octanol–water partition coefficient (Wildman–Crippen LogP) is 1.75. The van der Waals surface area contributed by atoms with Crippen molar-refractivity contribution in [3.63, 3.8) is 0 Å². The molecule has 0 saturated heterocycles. The normalized spacial score (nSPS) is 12.4. The highest BCUT2D eigenvalue weighted by Gasteiger charge is 2.24. The minimum Gasteiger partial charge on any atom is -0.383 e. The highest BCUT2D eigenvalue weighted by molar-refractivity contribution is 5.98. The Labute approximate surface area is 159 Å². The summed E-state index contributed by atoms with van der Waals surface area (Å²) in [6.07, 6.45) is 0.366. The fourth-order valence-electron chi connectivity index (χ4n) is 2.34. The predicted molar refractivity (Wildman–Crippen MR) is 104 cm³/mol. The lowest BCUT2D eigenvalue weighted by atomic mass is 10.0. The van der Waals surface area contributed by atoms with E-state index in [1.807, 2.05) is 48.5 Å². The van der Waals surface area contributed by atoms with Crippen LogP contribution in [0.5, 0.6) is 0 Å². The molecule has 7 heteroatoms. The van der Waals surface area contributed by atoms with Gasteiger partial charge in [-0.3, -0.25) is 9.59 Å². The Morgan fingerprint density at radius 3 is 2.15 bits per heavy atom. The molecule has 0 radical (unpaired) electrons. The number of carbonyl (C=O) groups is 2. The first-order valence-corrected chi connectivity index (χ1v) is 8.05. The molecule has 0 aliphatic carbocycles. The number of methoxy groups -OCH3 is 1. The number of hydrogen-bond acceptors (Lipinski definition) is 4. The minimum absolute atomic E-state index is 0. The first-order chi connectivity index (χ1) is 12.1. The Bertz CT molecular complexity index is 683. The SMILES string of the molecule is COCC(N)C(=O)NC(Cc1ccccc1)C(=O)Nc1ccccc1.Cl. The number of nitrogens with two attached hydrogens (primary N) is 1. The van der Waals surface area contributed by atoms with Crippen LogP contribution in [0.4, 0.5) is 5.69 Å². The Morgan fingerprint density at radius 2 is 1.58 bits per heavy atom. The van der Waals surface area contributed by atoms with E-state index in [0.717, 1.165) is 5.56 Å². The number of halogens is 1. The number of benzene rings is 2. The van der Waals surface area contributed by atoms with Crippen LogP contribution in [0.15, 0.2) is 60.7 Å². The van der Waals surface area contributed by atoms with E-state index in [9.17, 15) is 9.59 Å². The molecule has 0 spiro atoms. The number of rotatable bonds is 8. The number of ether oxygens (including phenoxy) is 1. The Hall–Kier alpha value is -2.41. The van der Waals surface area contributed by atoms with Crippen LogP contribution in [-0.2, 0) is 20.7 Å². The first-order valence-electron chi connectivity index (χ1n) is 8.05. The molecule has 2 unspecified atom stereocenters. The van der Waals surface area contributed by atoms with Crippen molar-refractivity contribution in [3.8, 4) is 0 Å². The van der Waals surface area contributed by atoms with Crippen LogP contribution in [-0.4, -0.2) is 37.6 Å². The molecular weight excluding hydrogens is 354 g/mol. The average molecular weight is 378 g/mol. The van der Waals surface area contributed by atoms with Gasteiger partial charge in [-0.15, -0.1) is 12.4 Å². The smallest absolute Gasteiger partial charge is 0.247 e. The lowest BCUT2D eigenvalue weighted by Gasteiger charge is -2.20. The van der Waals surface area contributed by atoms with Gasteiger partial charge in [-0.25, -0.2) is 0 Å². The zero-order valence-corrected chi connectivity index (χ0v) is 15.4. The lowest BCUT2D eigenvalue weighted by molar-refractivity contribution is -0.128. The molecule has 2 atom stereocenters. The molecule has 0 aromatic heterocycles. The molecule has 0 fully saturated rings. The van der Waals surface area contributed by atoms with Crippen molar-refractivity contribution in [2.24, 2.45) is 5.73 Å². The molecule has 0 bridgehead atoms. The number of anilines is 1. The quantitative estimate of drug-likeness (QED) is 0.653. The van der Waals surface area contributed by atoms with Crippen molar-refractivity contribution in [2.75, 3.05) is 19.0 Å². The van der Waals surface area contributed by atoms with E-state index < -0.39 is 18.0 Å². The summed E-state index contributed by atoms with van der Waals surface area (Å²) >= 11 is 0. The van der Waals surface area contributed by atoms with Crippen LogP contribution in [0, 0.1) is 0 Å². The summed E-state index contributed by atoms with van der Waals surface area (Å²) < 4.78 is 4.89. The average Bonchev–Trinajstić information content (AvgIpc) is 2.63. The van der Waals surface area contributed by atoms with E-state index in [4.69, 9.17) is 10.5 Å². The standard InChI is InChI=1S/C19H23N3O3.ClH/c1-25-13-16(20)18(23)22-17(12-14-8-4-2-5-9-14)19(24)21-15-10-6-3-7-11-15;/h2-11,16-17H,12-13,20H2,1H3,(H,21,24)(H,22,23);1H. The van der Waals surface area contributed by atoms with Crippen molar-refractivity contribution in [1.29, 1.82) is 0 Å². The number of carbonyl (C=O) groups excluding carboxylic acids is 2. The summed E-state index contributed by atoms with van der Waals surface area (Å²) in [5.74, 6) is -0.723. The second-order valence-corrected chi connectivity index (χ2v) is 5.67. The Balaban J connectivity index is 0.00000338. The van der Waals surface area contributed by atoms with Gasteiger partial charge >= 0.3 is 0 Å². The molecule has 2 aromatic carbocycles. The lowest BCUT2D eigenvalue weighted by Crippen LogP contribution is -2.52. The van der Waals surface area contributed by atoms with Gasteiger partial charge in [0.25, 0.3) is 0 Å². The Kier molecular flexibility index (Phi) is 9.36. The highest BCUT2D eigenvalue weighted by Crippen LogP contribution is 2.09. The molecule has 2 rings (SSSR count). The van der Waals surface area contributed by atoms with Crippen molar-refractivity contribution >= 4 is 29.9 Å². The van der Waals surface area contributed by atoms with Crippen molar-refractivity contribution in [3.05, 3.63) is 66.2 Å². The second kappa shape index (κ2) is 11.3. The minimum atomic E-state index is -0.826. The summed E-state index contributed by atoms with van der Waals surface area (Å²) in [6.45, 7) is 0.0875. The zero-order chi connectivity index (χ0) is 18.1. The fourth-order valence-corrected chi connectivity index (χ4v) is 2.34. The van der Waals surface area contributed by atoms with Crippen molar-refractivity contribution in [2.45, 2.75) is 18.5 Å². The maximum atomic E-state index is 12.6. The first kappa shape index (κ1) is 21.6. The van der Waals surface area contributed by atoms with Gasteiger partial charge in [0, 0.05) is 19.2 Å². The van der Waals surface area contributed by atoms with E-state index in [0.29, 0.717) is 12.1 Å². The van der Waals surface area contributed by atoms with Gasteiger partial charge in [0.2, 0.25) is 11.8 Å². The maximum absolute atomic E-state index is 12.6. The van der Waals surface area contributed by atoms with Crippen molar-refractivity contribution in [1.82, 2.24) is 5.32 Å². The van der Waals surface area contributed by atoms with E-state index in [1.165, 1.54) is 7.11 Å². The van der Waals surface area contributed by atoms with Crippen molar-refractivity contribution < 1.29 is 14.3 Å². The van der Waals surface area contributed by atoms with Crippen LogP contribution in [0.2, 0.25) is 0 Å². The molecule has 0 saturated carbocycles. The van der Waals surface area contributed by atoms with Crippen LogP contribution >= 0.6 is 12.4 Å². The third-order valence-electron chi connectivity index (χ3n) is 3.64. The number of para-hydroxylation sites is 1. The monoisotopic (exact) mass is 377 g/mol. The van der Waals surface area contributed by atoms with Gasteiger partial charge in [0.15, 0.2) is 0 Å². The maximum Gasteiger partial charge on any atom is 0.247 e. The van der Waals surface area contributed by atoms with E-state index in [1.54, 1.807) is 12.1 Å². The molecule has 0 aliphatic heterocycles. The van der Waals surface area contributed by atoms with Crippen LogP contribution in [0.3, 0.4) is 0 Å². The third kappa shape index (κ3) is 6.84. The molecular formula is C19H24ClN3O3. The van der Waals surface area contributed by atoms with Gasteiger partial charge in [-0.1, -0.05) is 48.5 Å². The van der Waals surface area contributed by atoms with E-state index in [2.05, 4.69) is 10.6 Å². The summed E-state index contributed by atoms with van der Waals surface area (Å²) in [6, 6.07) is 17.0. The van der Waals surface area contributed by atoms with Crippen LogP contribution in [0.1, 0.15) is 5.56 Å². The van der Waals surface area contributed by atoms with Crippen LogP contribution < -0.4 is 16.4 Å². The summed E-state index contributed by atoms with van der Waals surface area (Å²) in [4.78, 5) is 24.8. The Morgan fingerprint density at radius 1 is 1.00 bits per heavy atom. The molecule has 0 aliphatic rings. The largest absolute Gasteiger partial charge is 0.383 e. The highest BCUT2D eigenvalue weighted by atomic mass is 35.5. The third-order valence-corrected chi connectivity index (χ3v) is 3.64. The zero-order valence-electron chi connectivity index (χ0n) is 14.6. The summed E-state index contributed by atoms with van der Waals surface area (Å²) in [5, 5.41) is 5.53. The van der Waals surface area contributed by atoms with Gasteiger partial charge in [-0.05, 0) is 17.7 Å². The number of hydrogen-bond donors (Lipinski definition) is 3. The van der Waals surface area contributed by atoms with E-state index >= 15 is 0 Å². The molecule has 140 valence electrons. The molecule has 2 amide bonds. The summed E-state index contributed by atoms with van der Waals surface area (Å²) in [7, 11) is 1.47. The van der Waals surface area contributed by atoms with Gasteiger partial charge in [0.1, 0.15) is 12.1 Å². The molecule has 6 nitrogen and oxygen atoms in total. The van der Waals surface area contributed by atoms with E-state index in [-0.39, 0.29) is 24.9 Å². The fraction of sp³-hybridized carbons (Fsp3) is 0.263. The molecule has 4 N–H and O–H groups in total. The van der Waals surface area contributed by atoms with Gasteiger partial charge < -0.3 is 21.1 Å². The van der Waals surface area contributed by atoms with Gasteiger partial charge in [0.05, 0.1) is 6.61 Å². The molecule has 0 heterocycles. The molecule has 26 heavy (non-hydrogen) atoms. The molecule has 2 aromatic rings. The summed E-state index contributed by atoms with van der Waals surface area (Å²) in [5.41, 5.74) is 7.36. The number of nitrogens with one attached hydrogen (secondary N) is 2. The van der Waals surface area contributed by atoms with Crippen LogP contribution in [0.25, 0.3) is 0 Å². The second-order valence-electron chi connectivity index (χ2n) is 5.67. The van der Waals surface area contributed by atoms with Gasteiger partial charge in [-0.2, -0.15) is 0 Å². The number of amides is 2. The topological polar surface area (TPSA) is 93.4 Å².